The van der Waals surface area contributed by atoms with Gasteiger partial charge in [-0.05, 0) is 32.0 Å². The molecule has 0 aliphatic heterocycles. The number of benzene rings is 1. The third kappa shape index (κ3) is 6.42. The average molecular weight is 398 g/mol. The lowest BCUT2D eigenvalue weighted by atomic mass is 10.0. The van der Waals surface area contributed by atoms with Crippen molar-refractivity contribution in [1.82, 2.24) is 15.0 Å². The highest BCUT2D eigenvalue weighted by Crippen LogP contribution is 2.24. The summed E-state index contributed by atoms with van der Waals surface area (Å²) in [5.41, 5.74) is 8.46. The molecule has 144 valence electrons. The summed E-state index contributed by atoms with van der Waals surface area (Å²) in [5.74, 6) is 5.01. The van der Waals surface area contributed by atoms with Crippen LogP contribution in [0.4, 0.5) is 21.8 Å². The van der Waals surface area contributed by atoms with Gasteiger partial charge in [0.05, 0.1) is 16.8 Å². The van der Waals surface area contributed by atoms with E-state index in [1.165, 1.54) is 25.3 Å². The Morgan fingerprint density at radius 2 is 2.18 bits per heavy atom. The molecule has 5 N–H and O–H groups in total. The Morgan fingerprint density at radius 1 is 1.39 bits per heavy atom. The molecule has 9 heteroatoms. The predicted molar refractivity (Wildman–Crippen MR) is 109 cm³/mol. The zero-order chi connectivity index (χ0) is 20.5. The Balaban J connectivity index is 0.000000485. The topological polar surface area (TPSA) is 121 Å². The lowest BCUT2D eigenvalue weighted by molar-refractivity contribution is 0.253. The van der Waals surface area contributed by atoms with Gasteiger partial charge in [0.2, 0.25) is 5.95 Å². The second-order valence-electron chi connectivity index (χ2n) is 5.55. The first kappa shape index (κ1) is 21.0. The maximum atomic E-state index is 14.1. The molecule has 3 aromatic rings. The largest absolute Gasteiger partial charge is 0.381 e. The molecule has 2 heterocycles. The molecule has 1 unspecified atom stereocenters. The number of aliphatic hydroxyl groups excluding tert-OH is 1. The van der Waals surface area contributed by atoms with E-state index < -0.39 is 11.9 Å². The van der Waals surface area contributed by atoms with Crippen LogP contribution in [0.2, 0.25) is 0 Å². The SMILES string of the molecule is CC(=N)c1cc(F)c(C#CC(C)O)cc1Nc1ccnc(N)n1.c1cscn1. The van der Waals surface area contributed by atoms with Crippen LogP contribution >= 0.6 is 11.3 Å². The second kappa shape index (κ2) is 10.1. The number of hydrogen-bond acceptors (Lipinski definition) is 8. The number of nitrogens with one attached hydrogen (secondary N) is 2. The number of aliphatic hydroxyl groups is 1. The van der Waals surface area contributed by atoms with Crippen LogP contribution in [0.15, 0.2) is 41.5 Å². The van der Waals surface area contributed by atoms with E-state index in [0.29, 0.717) is 17.1 Å². The van der Waals surface area contributed by atoms with Crippen LogP contribution in [0.5, 0.6) is 0 Å². The number of hydrogen-bond donors (Lipinski definition) is 4. The standard InChI is InChI=1S/C16H16FN5O.C3H3NS/c1-9(23)3-4-11-7-14(12(10(2)18)8-13(11)17)21-15-5-6-20-16(19)22-15;1-2-5-3-4-1/h5-9,18,23H,1-2H3,(H3,19,20,21,22);1-3H. The van der Waals surface area contributed by atoms with Crippen molar-refractivity contribution < 1.29 is 9.50 Å². The van der Waals surface area contributed by atoms with E-state index in [4.69, 9.17) is 11.1 Å². The fourth-order valence-electron chi connectivity index (χ4n) is 2.02. The average Bonchev–Trinajstić information content (AvgIpc) is 3.21. The summed E-state index contributed by atoms with van der Waals surface area (Å²) in [6.45, 7) is 3.04. The maximum Gasteiger partial charge on any atom is 0.221 e. The van der Waals surface area contributed by atoms with E-state index >= 15 is 0 Å². The molecular formula is C19H19FN6OS. The third-order valence-corrected chi connectivity index (χ3v) is 3.73. The molecule has 1 aromatic carbocycles. The van der Waals surface area contributed by atoms with Gasteiger partial charge in [-0.2, -0.15) is 4.98 Å². The fraction of sp³-hybridized carbons (Fsp3) is 0.158. The summed E-state index contributed by atoms with van der Waals surface area (Å²) in [6, 6.07) is 4.29. The summed E-state index contributed by atoms with van der Waals surface area (Å²) < 4.78 is 14.1. The first-order chi connectivity index (χ1) is 13.4. The number of thiazole rings is 1. The zero-order valence-electron chi connectivity index (χ0n) is 15.3. The summed E-state index contributed by atoms with van der Waals surface area (Å²) in [7, 11) is 0. The minimum absolute atomic E-state index is 0.0966. The molecule has 0 saturated heterocycles. The lowest BCUT2D eigenvalue weighted by Gasteiger charge is -2.12. The molecule has 1 atom stereocenters. The molecule has 2 aromatic heterocycles. The van der Waals surface area contributed by atoms with Crippen LogP contribution in [-0.4, -0.2) is 31.9 Å². The fourth-order valence-corrected chi connectivity index (χ4v) is 2.37. The predicted octanol–water partition coefficient (Wildman–Crippen LogP) is 3.20. The van der Waals surface area contributed by atoms with Crippen LogP contribution in [0, 0.1) is 23.1 Å². The van der Waals surface area contributed by atoms with Crippen LogP contribution in [0.1, 0.15) is 25.0 Å². The molecule has 28 heavy (non-hydrogen) atoms. The first-order valence-electron chi connectivity index (χ1n) is 8.13. The molecule has 3 rings (SSSR count). The third-order valence-electron chi connectivity index (χ3n) is 3.21. The van der Waals surface area contributed by atoms with Crippen molar-refractivity contribution in [3.05, 3.63) is 58.4 Å². The summed E-state index contributed by atoms with van der Waals surface area (Å²) in [5, 5.41) is 21.9. The van der Waals surface area contributed by atoms with Gasteiger partial charge in [0.25, 0.3) is 0 Å². The monoisotopic (exact) mass is 398 g/mol. The van der Waals surface area contributed by atoms with E-state index in [1.807, 2.05) is 5.38 Å². The summed E-state index contributed by atoms with van der Waals surface area (Å²) >= 11 is 1.60. The molecule has 0 fully saturated rings. The van der Waals surface area contributed by atoms with E-state index in [2.05, 4.69) is 32.1 Å². The van der Waals surface area contributed by atoms with Gasteiger partial charge in [-0.15, -0.1) is 11.3 Å². The molecule has 0 bridgehead atoms. The number of rotatable bonds is 3. The van der Waals surface area contributed by atoms with Crippen LogP contribution < -0.4 is 11.1 Å². The van der Waals surface area contributed by atoms with Crippen LogP contribution in [0.25, 0.3) is 0 Å². The number of nitrogen functional groups attached to an aromatic ring is 1. The van der Waals surface area contributed by atoms with Gasteiger partial charge < -0.3 is 21.6 Å². The number of nitrogens with two attached hydrogens (primary N) is 1. The Morgan fingerprint density at radius 3 is 2.71 bits per heavy atom. The van der Waals surface area contributed by atoms with Crippen molar-refractivity contribution in [3.63, 3.8) is 0 Å². The highest BCUT2D eigenvalue weighted by molar-refractivity contribution is 7.07. The molecule has 7 nitrogen and oxygen atoms in total. The Hall–Kier alpha value is -3.35. The van der Waals surface area contributed by atoms with Crippen molar-refractivity contribution in [1.29, 1.82) is 5.41 Å². The molecule has 0 aliphatic rings. The van der Waals surface area contributed by atoms with Crippen molar-refractivity contribution in [3.8, 4) is 11.8 Å². The molecule has 0 aliphatic carbocycles. The molecule has 0 radical (unpaired) electrons. The highest BCUT2D eigenvalue weighted by atomic mass is 32.1. The van der Waals surface area contributed by atoms with E-state index in [0.717, 1.165) is 0 Å². The molecule has 0 spiro atoms. The van der Waals surface area contributed by atoms with Gasteiger partial charge in [0.1, 0.15) is 17.7 Å². The molecular weight excluding hydrogens is 379 g/mol. The van der Waals surface area contributed by atoms with Crippen LogP contribution in [-0.2, 0) is 0 Å². The smallest absolute Gasteiger partial charge is 0.221 e. The van der Waals surface area contributed by atoms with Crippen molar-refractivity contribution in [2.45, 2.75) is 20.0 Å². The highest BCUT2D eigenvalue weighted by Gasteiger charge is 2.11. The number of anilines is 3. The molecule has 0 amide bonds. The quantitative estimate of drug-likeness (QED) is 0.397. The van der Waals surface area contributed by atoms with Gasteiger partial charge in [0.15, 0.2) is 0 Å². The Kier molecular flexibility index (Phi) is 7.56. The second-order valence-corrected chi connectivity index (χ2v) is 6.30. The Labute approximate surface area is 166 Å². The van der Waals surface area contributed by atoms with Gasteiger partial charge in [0, 0.05) is 29.0 Å². The summed E-state index contributed by atoms with van der Waals surface area (Å²) in [6.07, 6.45) is 2.39. The van der Waals surface area contributed by atoms with Crippen molar-refractivity contribution >= 4 is 34.5 Å². The Bertz CT molecular complexity index is 978. The first-order valence-corrected chi connectivity index (χ1v) is 9.07. The normalized spacial score (nSPS) is 10.7. The zero-order valence-corrected chi connectivity index (χ0v) is 16.1. The summed E-state index contributed by atoms with van der Waals surface area (Å²) in [4.78, 5) is 11.5. The minimum atomic E-state index is -0.864. The van der Waals surface area contributed by atoms with E-state index in [1.54, 1.807) is 36.0 Å². The maximum absolute atomic E-state index is 14.1. The van der Waals surface area contributed by atoms with Crippen molar-refractivity contribution in [2.24, 2.45) is 0 Å². The van der Waals surface area contributed by atoms with Gasteiger partial charge >= 0.3 is 0 Å². The van der Waals surface area contributed by atoms with Gasteiger partial charge in [-0.1, -0.05) is 11.8 Å². The van der Waals surface area contributed by atoms with Crippen molar-refractivity contribution in [2.75, 3.05) is 11.1 Å². The van der Waals surface area contributed by atoms with E-state index in [9.17, 15) is 9.50 Å². The van der Waals surface area contributed by atoms with E-state index in [-0.39, 0.29) is 17.2 Å². The number of nitrogens with zero attached hydrogens (tertiary/aromatic N) is 3. The number of halogens is 1. The van der Waals surface area contributed by atoms with Crippen LogP contribution in [0.3, 0.4) is 0 Å². The van der Waals surface area contributed by atoms with Gasteiger partial charge in [-0.3, -0.25) is 4.98 Å². The molecule has 0 saturated carbocycles. The minimum Gasteiger partial charge on any atom is -0.381 e. The number of aromatic nitrogens is 3. The van der Waals surface area contributed by atoms with Gasteiger partial charge in [-0.25, -0.2) is 9.37 Å². The lowest BCUT2D eigenvalue weighted by Crippen LogP contribution is -2.05.